The van der Waals surface area contributed by atoms with Gasteiger partial charge in [-0.1, -0.05) is 74.2 Å². The first kappa shape index (κ1) is 23.4. The second-order valence-corrected chi connectivity index (χ2v) is 8.80. The van der Waals surface area contributed by atoms with Crippen LogP contribution in [-0.2, 0) is 9.53 Å². The molecule has 0 atom stereocenters. The van der Waals surface area contributed by atoms with E-state index in [0.29, 0.717) is 12.5 Å². The van der Waals surface area contributed by atoms with Crippen LogP contribution in [-0.4, -0.2) is 36.6 Å². The number of nitrogens with zero attached hydrogens (tertiary/aromatic N) is 1. The number of hydrogen-bond acceptors (Lipinski definition) is 3. The van der Waals surface area contributed by atoms with Gasteiger partial charge in [-0.05, 0) is 57.0 Å². The number of benzene rings is 2. The van der Waals surface area contributed by atoms with Crippen molar-refractivity contribution in [3.63, 3.8) is 0 Å². The summed E-state index contributed by atoms with van der Waals surface area (Å²) in [7, 11) is 1.91. The summed E-state index contributed by atoms with van der Waals surface area (Å²) in [5.41, 5.74) is 3.82. The van der Waals surface area contributed by atoms with E-state index in [1.807, 2.05) is 57.0 Å². The zero-order chi connectivity index (χ0) is 22.1. The Balaban J connectivity index is 2.19. The van der Waals surface area contributed by atoms with E-state index >= 15 is 0 Å². The number of hydrogen-bond donors (Lipinski definition) is 0. The molecule has 158 valence electrons. The van der Waals surface area contributed by atoms with Crippen LogP contribution in [0.15, 0.2) is 60.7 Å². The van der Waals surface area contributed by atoms with E-state index in [1.165, 1.54) is 5.56 Å². The van der Waals surface area contributed by atoms with Crippen molar-refractivity contribution in [1.29, 1.82) is 0 Å². The van der Waals surface area contributed by atoms with Crippen LogP contribution in [0.2, 0.25) is 0 Å². The van der Waals surface area contributed by atoms with Gasteiger partial charge in [0.25, 0.3) is 0 Å². The Labute approximate surface area is 181 Å². The number of rotatable bonds is 6. The van der Waals surface area contributed by atoms with Crippen LogP contribution in [0.1, 0.15) is 57.2 Å². The topological polar surface area (TPSA) is 29.5 Å². The molecular formula is C27H33NO2. The van der Waals surface area contributed by atoms with E-state index in [1.54, 1.807) is 0 Å². The Hall–Kier alpha value is -2.83. The summed E-state index contributed by atoms with van der Waals surface area (Å²) in [5, 5.41) is 0. The Morgan fingerprint density at radius 3 is 2.43 bits per heavy atom. The number of likely N-dealkylation sites (N-methyl/N-ethyl adjacent to an activating group) is 1. The van der Waals surface area contributed by atoms with Crippen molar-refractivity contribution in [2.24, 2.45) is 0 Å². The fourth-order valence-corrected chi connectivity index (χ4v) is 2.88. The molecule has 0 radical (unpaired) electrons. The summed E-state index contributed by atoms with van der Waals surface area (Å²) in [5.74, 6) is 6.88. The molecule has 0 heterocycles. The fourth-order valence-electron chi connectivity index (χ4n) is 2.88. The highest BCUT2D eigenvalue weighted by molar-refractivity contribution is 5.80. The SMILES string of the molecule is CC(C)c1cccc(C#CC(=CCN(C)CC(=O)OC(C)(C)C)c2ccccc2)c1. The van der Waals surface area contributed by atoms with Crippen molar-refractivity contribution in [2.45, 2.75) is 46.1 Å². The minimum Gasteiger partial charge on any atom is -0.459 e. The molecule has 0 saturated heterocycles. The lowest BCUT2D eigenvalue weighted by Crippen LogP contribution is -2.32. The molecule has 0 amide bonds. The highest BCUT2D eigenvalue weighted by Gasteiger charge is 2.17. The van der Waals surface area contributed by atoms with Crippen molar-refractivity contribution in [2.75, 3.05) is 20.1 Å². The Bertz CT molecular complexity index is 925. The van der Waals surface area contributed by atoms with Gasteiger partial charge in [-0.15, -0.1) is 0 Å². The van der Waals surface area contributed by atoms with E-state index in [-0.39, 0.29) is 12.5 Å². The van der Waals surface area contributed by atoms with Gasteiger partial charge in [0.2, 0.25) is 0 Å². The van der Waals surface area contributed by atoms with Crippen molar-refractivity contribution in [1.82, 2.24) is 4.90 Å². The lowest BCUT2D eigenvalue weighted by molar-refractivity contribution is -0.155. The molecular weight excluding hydrogens is 370 g/mol. The van der Waals surface area contributed by atoms with Gasteiger partial charge < -0.3 is 4.74 Å². The molecule has 2 aromatic rings. The van der Waals surface area contributed by atoms with Gasteiger partial charge in [-0.25, -0.2) is 0 Å². The molecule has 3 nitrogen and oxygen atoms in total. The zero-order valence-corrected chi connectivity index (χ0v) is 19.0. The quantitative estimate of drug-likeness (QED) is 0.470. The number of esters is 1. The highest BCUT2D eigenvalue weighted by Crippen LogP contribution is 2.17. The maximum atomic E-state index is 12.1. The first-order valence-electron chi connectivity index (χ1n) is 10.4. The average Bonchev–Trinajstić information content (AvgIpc) is 2.67. The molecule has 0 unspecified atom stereocenters. The minimum atomic E-state index is -0.473. The number of allylic oxidation sites excluding steroid dienone is 1. The molecule has 3 heteroatoms. The molecule has 0 spiro atoms. The van der Waals surface area contributed by atoms with Gasteiger partial charge in [-0.3, -0.25) is 9.69 Å². The molecule has 0 N–H and O–H groups in total. The molecule has 0 bridgehead atoms. The van der Waals surface area contributed by atoms with Crippen LogP contribution in [0.3, 0.4) is 0 Å². The van der Waals surface area contributed by atoms with Crippen LogP contribution in [0, 0.1) is 11.8 Å². The van der Waals surface area contributed by atoms with Crippen LogP contribution in [0.25, 0.3) is 5.57 Å². The fraction of sp³-hybridized carbons (Fsp3) is 0.370. The monoisotopic (exact) mass is 403 g/mol. The molecule has 0 aliphatic carbocycles. The molecule has 2 aromatic carbocycles. The summed E-state index contributed by atoms with van der Waals surface area (Å²) < 4.78 is 5.41. The minimum absolute atomic E-state index is 0.226. The first-order valence-corrected chi connectivity index (χ1v) is 10.4. The van der Waals surface area contributed by atoms with E-state index in [2.05, 4.69) is 62.1 Å². The van der Waals surface area contributed by atoms with Gasteiger partial charge in [0, 0.05) is 17.7 Å². The van der Waals surface area contributed by atoms with Crippen LogP contribution >= 0.6 is 0 Å². The maximum absolute atomic E-state index is 12.1. The average molecular weight is 404 g/mol. The molecule has 0 saturated carbocycles. The molecule has 30 heavy (non-hydrogen) atoms. The third-order valence-corrected chi connectivity index (χ3v) is 4.41. The van der Waals surface area contributed by atoms with Crippen LogP contribution in [0.4, 0.5) is 0 Å². The molecule has 0 aliphatic rings. The number of carbonyl (C=O) groups is 1. The van der Waals surface area contributed by atoms with E-state index < -0.39 is 5.60 Å². The summed E-state index contributed by atoms with van der Waals surface area (Å²) in [6.45, 7) is 10.8. The van der Waals surface area contributed by atoms with E-state index in [4.69, 9.17) is 4.74 Å². The summed E-state index contributed by atoms with van der Waals surface area (Å²) >= 11 is 0. The second-order valence-electron chi connectivity index (χ2n) is 8.80. The van der Waals surface area contributed by atoms with Gasteiger partial charge in [0.1, 0.15) is 5.60 Å². The van der Waals surface area contributed by atoms with Crippen LogP contribution in [0.5, 0.6) is 0 Å². The summed E-state index contributed by atoms with van der Waals surface area (Å²) in [6.07, 6.45) is 2.07. The zero-order valence-electron chi connectivity index (χ0n) is 19.0. The van der Waals surface area contributed by atoms with Gasteiger partial charge >= 0.3 is 5.97 Å². The highest BCUT2D eigenvalue weighted by atomic mass is 16.6. The maximum Gasteiger partial charge on any atom is 0.320 e. The van der Waals surface area contributed by atoms with Crippen molar-refractivity contribution >= 4 is 11.5 Å². The lowest BCUT2D eigenvalue weighted by Gasteiger charge is -2.22. The van der Waals surface area contributed by atoms with Gasteiger partial charge in [0.15, 0.2) is 0 Å². The summed E-state index contributed by atoms with van der Waals surface area (Å²) in [4.78, 5) is 14.0. The molecule has 0 fully saturated rings. The second kappa shape index (κ2) is 10.8. The molecule has 2 rings (SSSR count). The first-order chi connectivity index (χ1) is 14.1. The van der Waals surface area contributed by atoms with E-state index in [0.717, 1.165) is 16.7 Å². The third kappa shape index (κ3) is 8.27. The van der Waals surface area contributed by atoms with Crippen molar-refractivity contribution in [3.05, 3.63) is 77.4 Å². The predicted octanol–water partition coefficient (Wildman–Crippen LogP) is 5.52. The van der Waals surface area contributed by atoms with E-state index in [9.17, 15) is 4.79 Å². The third-order valence-electron chi connectivity index (χ3n) is 4.41. The predicted molar refractivity (Wildman–Crippen MR) is 125 cm³/mol. The Morgan fingerprint density at radius 2 is 1.80 bits per heavy atom. The van der Waals surface area contributed by atoms with Crippen molar-refractivity contribution < 1.29 is 9.53 Å². The lowest BCUT2D eigenvalue weighted by atomic mass is 10.0. The standard InChI is InChI=1S/C27H33NO2/c1-21(2)25-14-10-11-22(19-25)15-16-24(23-12-8-7-9-13-23)17-18-28(6)20-26(29)30-27(3,4)5/h7-14,17,19,21H,18,20H2,1-6H3. The normalized spacial score (nSPS) is 11.9. The Kier molecular flexibility index (Phi) is 8.45. The Morgan fingerprint density at radius 1 is 1.10 bits per heavy atom. The van der Waals surface area contributed by atoms with Gasteiger partial charge in [0.05, 0.1) is 6.54 Å². The van der Waals surface area contributed by atoms with Crippen molar-refractivity contribution in [3.8, 4) is 11.8 Å². The number of carbonyl (C=O) groups excluding carboxylic acids is 1. The van der Waals surface area contributed by atoms with Gasteiger partial charge in [-0.2, -0.15) is 0 Å². The largest absolute Gasteiger partial charge is 0.459 e. The molecule has 0 aromatic heterocycles. The number of ether oxygens (including phenoxy) is 1. The molecule has 0 aliphatic heterocycles. The smallest absolute Gasteiger partial charge is 0.320 e. The van der Waals surface area contributed by atoms with Crippen LogP contribution < -0.4 is 0 Å². The summed E-state index contributed by atoms with van der Waals surface area (Å²) in [6, 6.07) is 18.5.